The first-order valence-corrected chi connectivity index (χ1v) is 10.7. The molecular formula is C16H32N4O3S. The van der Waals surface area contributed by atoms with Gasteiger partial charge in [0.25, 0.3) is 0 Å². The maximum absolute atomic E-state index is 11.5. The number of guanidine groups is 1. The Morgan fingerprint density at radius 3 is 2.54 bits per heavy atom. The summed E-state index contributed by atoms with van der Waals surface area (Å²) < 4.78 is 28.5. The van der Waals surface area contributed by atoms with Crippen LogP contribution >= 0.6 is 0 Å². The molecular weight excluding hydrogens is 328 g/mol. The molecule has 0 saturated carbocycles. The molecule has 0 aliphatic carbocycles. The van der Waals surface area contributed by atoms with Crippen LogP contribution in [-0.2, 0) is 14.6 Å². The molecule has 2 saturated heterocycles. The average Bonchev–Trinajstić information content (AvgIpc) is 2.90. The van der Waals surface area contributed by atoms with Crippen LogP contribution in [0.1, 0.15) is 20.3 Å². The highest BCUT2D eigenvalue weighted by Crippen LogP contribution is 2.17. The predicted molar refractivity (Wildman–Crippen MR) is 97.1 cm³/mol. The first-order chi connectivity index (χ1) is 11.4. The number of nitrogens with one attached hydrogen (secondary N) is 2. The van der Waals surface area contributed by atoms with Gasteiger partial charge >= 0.3 is 0 Å². The van der Waals surface area contributed by atoms with Crippen LogP contribution in [0, 0.1) is 11.8 Å². The maximum Gasteiger partial charge on any atom is 0.191 e. The lowest BCUT2D eigenvalue weighted by molar-refractivity contribution is 0.00752. The third-order valence-electron chi connectivity index (χ3n) is 4.87. The first kappa shape index (κ1) is 19.5. The van der Waals surface area contributed by atoms with Crippen LogP contribution in [-0.4, -0.2) is 83.3 Å². The van der Waals surface area contributed by atoms with Crippen LogP contribution in [0.15, 0.2) is 4.99 Å². The molecule has 2 unspecified atom stereocenters. The molecule has 2 aliphatic rings. The Morgan fingerprint density at radius 2 is 2.00 bits per heavy atom. The largest absolute Gasteiger partial charge is 0.379 e. The van der Waals surface area contributed by atoms with Gasteiger partial charge in [0.1, 0.15) is 0 Å². The Hall–Kier alpha value is -0.860. The molecule has 0 radical (unpaired) electrons. The smallest absolute Gasteiger partial charge is 0.191 e. The fourth-order valence-corrected chi connectivity index (χ4v) is 5.25. The van der Waals surface area contributed by atoms with E-state index in [0.717, 1.165) is 45.2 Å². The van der Waals surface area contributed by atoms with Crippen molar-refractivity contribution < 1.29 is 13.2 Å². The third kappa shape index (κ3) is 5.89. The number of hydrogen-bond acceptors (Lipinski definition) is 5. The fraction of sp³-hybridized carbons (Fsp3) is 0.938. The fourth-order valence-electron chi connectivity index (χ4n) is 3.39. The lowest BCUT2D eigenvalue weighted by atomic mass is 10.0. The molecule has 2 fully saturated rings. The Morgan fingerprint density at radius 1 is 1.29 bits per heavy atom. The SMILES string of the molecule is CN=C(NCC1CCS(=O)(=O)C1)NCC(C(C)C)N1CCOCC1. The minimum absolute atomic E-state index is 0.189. The summed E-state index contributed by atoms with van der Waals surface area (Å²) in [5.41, 5.74) is 0. The lowest BCUT2D eigenvalue weighted by Crippen LogP contribution is -2.52. The number of aliphatic imine (C=N–C) groups is 1. The Bertz CT molecular complexity index is 515. The van der Waals surface area contributed by atoms with E-state index in [1.165, 1.54) is 0 Å². The van der Waals surface area contributed by atoms with E-state index in [1.54, 1.807) is 7.05 Å². The molecule has 0 aromatic carbocycles. The highest BCUT2D eigenvalue weighted by Gasteiger charge is 2.28. The second-order valence-corrected chi connectivity index (χ2v) is 9.29. The quantitative estimate of drug-likeness (QED) is 0.510. The molecule has 0 bridgehead atoms. The average molecular weight is 361 g/mol. The third-order valence-corrected chi connectivity index (χ3v) is 6.71. The molecule has 2 aliphatic heterocycles. The van der Waals surface area contributed by atoms with Crippen LogP contribution in [0.5, 0.6) is 0 Å². The molecule has 0 aromatic rings. The predicted octanol–water partition coefficient (Wildman–Crippen LogP) is -0.0571. The molecule has 2 atom stereocenters. The number of morpholine rings is 1. The van der Waals surface area contributed by atoms with Crippen molar-refractivity contribution in [2.45, 2.75) is 26.3 Å². The molecule has 2 heterocycles. The number of sulfone groups is 1. The lowest BCUT2D eigenvalue weighted by Gasteiger charge is -2.37. The number of hydrogen-bond donors (Lipinski definition) is 2. The first-order valence-electron chi connectivity index (χ1n) is 8.88. The van der Waals surface area contributed by atoms with Crippen LogP contribution in [0.3, 0.4) is 0 Å². The topological polar surface area (TPSA) is 83.0 Å². The molecule has 0 spiro atoms. The van der Waals surface area contributed by atoms with Crippen LogP contribution in [0.4, 0.5) is 0 Å². The van der Waals surface area contributed by atoms with E-state index < -0.39 is 9.84 Å². The van der Waals surface area contributed by atoms with Crippen molar-refractivity contribution in [2.75, 3.05) is 57.9 Å². The van der Waals surface area contributed by atoms with Crippen LogP contribution in [0.2, 0.25) is 0 Å². The van der Waals surface area contributed by atoms with Crippen LogP contribution < -0.4 is 10.6 Å². The summed E-state index contributed by atoms with van der Waals surface area (Å²) >= 11 is 0. The summed E-state index contributed by atoms with van der Waals surface area (Å²) in [7, 11) is -1.07. The van der Waals surface area contributed by atoms with E-state index in [4.69, 9.17) is 4.74 Å². The van der Waals surface area contributed by atoms with Gasteiger partial charge in [0, 0.05) is 39.3 Å². The van der Waals surface area contributed by atoms with Gasteiger partial charge in [-0.1, -0.05) is 13.8 Å². The van der Waals surface area contributed by atoms with Gasteiger partial charge in [0.2, 0.25) is 0 Å². The summed E-state index contributed by atoms with van der Waals surface area (Å²) in [6, 6.07) is 0.430. The number of nitrogens with zero attached hydrogens (tertiary/aromatic N) is 2. The van der Waals surface area contributed by atoms with E-state index in [9.17, 15) is 8.42 Å². The van der Waals surface area contributed by atoms with Gasteiger partial charge < -0.3 is 15.4 Å². The van der Waals surface area contributed by atoms with E-state index in [0.29, 0.717) is 30.0 Å². The molecule has 0 amide bonds. The molecule has 2 rings (SSSR count). The van der Waals surface area contributed by atoms with Gasteiger partial charge in [-0.25, -0.2) is 8.42 Å². The Kier molecular flexibility index (Phi) is 7.31. The summed E-state index contributed by atoms with van der Waals surface area (Å²) in [6.45, 7) is 9.48. The van der Waals surface area contributed by atoms with Crippen molar-refractivity contribution in [2.24, 2.45) is 16.8 Å². The van der Waals surface area contributed by atoms with Gasteiger partial charge in [-0.05, 0) is 18.3 Å². The second-order valence-electron chi connectivity index (χ2n) is 7.06. The monoisotopic (exact) mass is 360 g/mol. The summed E-state index contributed by atoms with van der Waals surface area (Å²) in [5, 5.41) is 6.68. The molecule has 24 heavy (non-hydrogen) atoms. The van der Waals surface area contributed by atoms with Crippen molar-refractivity contribution in [1.82, 2.24) is 15.5 Å². The molecule has 0 aromatic heterocycles. The van der Waals surface area contributed by atoms with Crippen molar-refractivity contribution in [1.29, 1.82) is 0 Å². The van der Waals surface area contributed by atoms with Crippen molar-refractivity contribution in [3.8, 4) is 0 Å². The van der Waals surface area contributed by atoms with E-state index in [1.807, 2.05) is 0 Å². The minimum atomic E-state index is -2.82. The van der Waals surface area contributed by atoms with E-state index >= 15 is 0 Å². The zero-order valence-corrected chi connectivity index (χ0v) is 15.9. The Labute approximate surface area is 146 Å². The number of rotatable bonds is 6. The van der Waals surface area contributed by atoms with Crippen LogP contribution in [0.25, 0.3) is 0 Å². The van der Waals surface area contributed by atoms with Gasteiger partial charge in [0.15, 0.2) is 15.8 Å². The highest BCUT2D eigenvalue weighted by molar-refractivity contribution is 7.91. The van der Waals surface area contributed by atoms with Gasteiger partial charge in [-0.15, -0.1) is 0 Å². The van der Waals surface area contributed by atoms with E-state index in [-0.39, 0.29) is 5.92 Å². The Balaban J connectivity index is 1.78. The molecule has 7 nitrogen and oxygen atoms in total. The summed E-state index contributed by atoms with van der Waals surface area (Å²) in [6.07, 6.45) is 0.745. The van der Waals surface area contributed by atoms with Gasteiger partial charge in [-0.3, -0.25) is 9.89 Å². The summed E-state index contributed by atoms with van der Waals surface area (Å²) in [5.74, 6) is 2.08. The van der Waals surface area contributed by atoms with Gasteiger partial charge in [0.05, 0.1) is 24.7 Å². The highest BCUT2D eigenvalue weighted by atomic mass is 32.2. The zero-order valence-electron chi connectivity index (χ0n) is 15.1. The zero-order chi connectivity index (χ0) is 17.6. The molecule has 2 N–H and O–H groups in total. The molecule has 140 valence electrons. The van der Waals surface area contributed by atoms with Crippen molar-refractivity contribution >= 4 is 15.8 Å². The van der Waals surface area contributed by atoms with Crippen molar-refractivity contribution in [3.63, 3.8) is 0 Å². The second kappa shape index (κ2) is 9.01. The summed E-state index contributed by atoms with van der Waals surface area (Å²) in [4.78, 5) is 6.73. The number of ether oxygens (including phenoxy) is 1. The maximum atomic E-state index is 11.5. The normalized spacial score (nSPS) is 26.5. The van der Waals surface area contributed by atoms with Gasteiger partial charge in [-0.2, -0.15) is 0 Å². The van der Waals surface area contributed by atoms with E-state index in [2.05, 4.69) is 34.4 Å². The van der Waals surface area contributed by atoms with Crippen molar-refractivity contribution in [3.05, 3.63) is 0 Å². The minimum Gasteiger partial charge on any atom is -0.379 e. The standard InChI is InChI=1S/C16H32N4O3S/c1-13(2)15(20-5-7-23-8-6-20)11-19-16(17-3)18-10-14-4-9-24(21,22)12-14/h13-15H,4-12H2,1-3H3,(H2,17,18,19). The molecule has 8 heteroatoms.